The summed E-state index contributed by atoms with van der Waals surface area (Å²) in [5.74, 6) is 0.396. The van der Waals surface area contributed by atoms with Crippen molar-refractivity contribution < 1.29 is 14.3 Å². The summed E-state index contributed by atoms with van der Waals surface area (Å²) in [6.07, 6.45) is 0.164. The van der Waals surface area contributed by atoms with Crippen LogP contribution in [-0.4, -0.2) is 26.2 Å². The Morgan fingerprint density at radius 1 is 1.09 bits per heavy atom. The van der Waals surface area contributed by atoms with E-state index in [1.165, 1.54) is 7.11 Å². The van der Waals surface area contributed by atoms with Crippen LogP contribution in [0.4, 0.5) is 5.69 Å². The van der Waals surface area contributed by atoms with Crippen LogP contribution in [0.25, 0.3) is 11.1 Å². The number of rotatable bonds is 6. The van der Waals surface area contributed by atoms with Crippen molar-refractivity contribution in [2.45, 2.75) is 26.3 Å². The lowest BCUT2D eigenvalue weighted by molar-refractivity contribution is -0.139. The second-order valence-corrected chi connectivity index (χ2v) is 5.59. The van der Waals surface area contributed by atoms with E-state index in [0.29, 0.717) is 5.75 Å². The van der Waals surface area contributed by atoms with E-state index < -0.39 is 0 Å². The van der Waals surface area contributed by atoms with E-state index in [2.05, 4.69) is 19.2 Å². The van der Waals surface area contributed by atoms with Crippen LogP contribution in [0.1, 0.15) is 19.4 Å². The minimum Gasteiger partial charge on any atom is -0.494 e. The first kappa shape index (κ1) is 16.9. The maximum Gasteiger partial charge on any atom is 0.310 e. The number of benzene rings is 2. The average Bonchev–Trinajstić information content (AvgIpc) is 2.55. The highest BCUT2D eigenvalue weighted by atomic mass is 16.5. The minimum absolute atomic E-state index is 0.164. The highest BCUT2D eigenvalue weighted by molar-refractivity contribution is 5.83. The van der Waals surface area contributed by atoms with Crippen molar-refractivity contribution in [2.24, 2.45) is 0 Å². The van der Waals surface area contributed by atoms with Gasteiger partial charge in [-0.2, -0.15) is 0 Å². The van der Waals surface area contributed by atoms with Crippen LogP contribution in [0.5, 0.6) is 5.75 Å². The Morgan fingerprint density at radius 3 is 2.35 bits per heavy atom. The lowest BCUT2D eigenvalue weighted by atomic mass is 9.95. The Bertz CT molecular complexity index is 666. The number of hydrogen-bond acceptors (Lipinski definition) is 4. The van der Waals surface area contributed by atoms with Gasteiger partial charge in [-0.1, -0.05) is 36.4 Å². The second-order valence-electron chi connectivity index (χ2n) is 5.59. The van der Waals surface area contributed by atoms with E-state index >= 15 is 0 Å². The third kappa shape index (κ3) is 4.03. The van der Waals surface area contributed by atoms with Gasteiger partial charge in [-0.05, 0) is 31.0 Å². The summed E-state index contributed by atoms with van der Waals surface area (Å²) in [5, 5.41) is 3.36. The van der Waals surface area contributed by atoms with E-state index in [-0.39, 0.29) is 18.4 Å². The minimum atomic E-state index is -0.290. The molecule has 0 aliphatic heterocycles. The van der Waals surface area contributed by atoms with Crippen LogP contribution in [-0.2, 0) is 16.0 Å². The van der Waals surface area contributed by atoms with Gasteiger partial charge in [-0.25, -0.2) is 0 Å². The molecule has 0 fully saturated rings. The summed E-state index contributed by atoms with van der Waals surface area (Å²) >= 11 is 0. The molecule has 0 atom stereocenters. The molecule has 4 nitrogen and oxygen atoms in total. The molecule has 0 aliphatic carbocycles. The normalized spacial score (nSPS) is 10.5. The van der Waals surface area contributed by atoms with Gasteiger partial charge in [0.15, 0.2) is 0 Å². The molecule has 122 valence electrons. The number of methoxy groups -OCH3 is 2. The molecule has 2 aromatic carbocycles. The molecule has 0 radical (unpaired) electrons. The lowest BCUT2D eigenvalue weighted by Crippen LogP contribution is -2.13. The van der Waals surface area contributed by atoms with Crippen LogP contribution < -0.4 is 10.1 Å². The largest absolute Gasteiger partial charge is 0.494 e. The molecule has 0 bridgehead atoms. The summed E-state index contributed by atoms with van der Waals surface area (Å²) in [4.78, 5) is 11.9. The molecule has 1 N–H and O–H groups in total. The molecule has 23 heavy (non-hydrogen) atoms. The molecule has 0 saturated heterocycles. The monoisotopic (exact) mass is 313 g/mol. The van der Waals surface area contributed by atoms with Crippen molar-refractivity contribution in [1.82, 2.24) is 0 Å². The van der Waals surface area contributed by atoms with Crippen molar-refractivity contribution in [3.05, 3.63) is 48.0 Å². The number of hydrogen-bond donors (Lipinski definition) is 1. The van der Waals surface area contributed by atoms with E-state index in [1.54, 1.807) is 7.11 Å². The van der Waals surface area contributed by atoms with Gasteiger partial charge in [0.25, 0.3) is 0 Å². The molecular formula is C19H23NO3. The van der Waals surface area contributed by atoms with Crippen molar-refractivity contribution >= 4 is 11.7 Å². The quantitative estimate of drug-likeness (QED) is 0.822. The van der Waals surface area contributed by atoms with Crippen molar-refractivity contribution in [1.29, 1.82) is 0 Å². The Kier molecular flexibility index (Phi) is 5.63. The number of carbonyl (C=O) groups is 1. The van der Waals surface area contributed by atoms with Gasteiger partial charge < -0.3 is 14.8 Å². The fourth-order valence-electron chi connectivity index (χ4n) is 2.57. The van der Waals surface area contributed by atoms with Gasteiger partial charge in [0.1, 0.15) is 5.75 Å². The Hall–Kier alpha value is -2.49. The van der Waals surface area contributed by atoms with Gasteiger partial charge in [-0.15, -0.1) is 0 Å². The molecule has 0 aromatic heterocycles. The molecule has 0 heterocycles. The van der Waals surface area contributed by atoms with Crippen LogP contribution in [0.3, 0.4) is 0 Å². The standard InChI is InChI=1S/C19H23NO3/c1-13(2)20-17-11-10-15(14-8-6-5-7-9-14)16(19(17)23-4)12-18(21)22-3/h5-11,13,20H,12H2,1-4H3. The zero-order chi connectivity index (χ0) is 16.8. The van der Waals surface area contributed by atoms with Crippen LogP contribution in [0.2, 0.25) is 0 Å². The summed E-state index contributed by atoms with van der Waals surface area (Å²) < 4.78 is 10.5. The van der Waals surface area contributed by atoms with Crippen molar-refractivity contribution in [3.8, 4) is 16.9 Å². The van der Waals surface area contributed by atoms with Gasteiger partial charge in [0.2, 0.25) is 0 Å². The summed E-state index contributed by atoms with van der Waals surface area (Å²) in [6, 6.07) is 14.2. The van der Waals surface area contributed by atoms with Gasteiger partial charge in [0, 0.05) is 11.6 Å². The highest BCUT2D eigenvalue weighted by Gasteiger charge is 2.19. The third-order valence-corrected chi connectivity index (χ3v) is 3.54. The smallest absolute Gasteiger partial charge is 0.310 e. The predicted octanol–water partition coefficient (Wildman–Crippen LogP) is 3.90. The Morgan fingerprint density at radius 2 is 1.78 bits per heavy atom. The maximum atomic E-state index is 11.9. The molecule has 0 amide bonds. The van der Waals surface area contributed by atoms with Crippen molar-refractivity contribution in [3.63, 3.8) is 0 Å². The van der Waals surface area contributed by atoms with E-state index in [1.807, 2.05) is 42.5 Å². The summed E-state index contributed by atoms with van der Waals surface area (Å²) in [5.41, 5.74) is 3.72. The van der Waals surface area contributed by atoms with Gasteiger partial charge >= 0.3 is 5.97 Å². The molecule has 0 spiro atoms. The zero-order valence-electron chi connectivity index (χ0n) is 14.1. The van der Waals surface area contributed by atoms with E-state index in [4.69, 9.17) is 9.47 Å². The molecule has 2 rings (SSSR count). The lowest BCUT2D eigenvalue weighted by Gasteiger charge is -2.20. The fourth-order valence-corrected chi connectivity index (χ4v) is 2.57. The van der Waals surface area contributed by atoms with Gasteiger partial charge in [0.05, 0.1) is 26.3 Å². The summed E-state index contributed by atoms with van der Waals surface area (Å²) in [6.45, 7) is 4.12. The SMILES string of the molecule is COC(=O)Cc1c(-c2ccccc2)ccc(NC(C)C)c1OC. The number of carbonyl (C=O) groups excluding carboxylic acids is 1. The first-order valence-electron chi connectivity index (χ1n) is 7.65. The zero-order valence-corrected chi connectivity index (χ0v) is 14.1. The molecule has 0 saturated carbocycles. The molecular weight excluding hydrogens is 290 g/mol. The van der Waals surface area contributed by atoms with E-state index in [9.17, 15) is 4.79 Å². The highest BCUT2D eigenvalue weighted by Crippen LogP contribution is 2.37. The van der Waals surface area contributed by atoms with Crippen molar-refractivity contribution in [2.75, 3.05) is 19.5 Å². The number of esters is 1. The molecule has 4 heteroatoms. The van der Waals surface area contributed by atoms with Crippen LogP contribution in [0.15, 0.2) is 42.5 Å². The fraction of sp³-hybridized carbons (Fsp3) is 0.316. The van der Waals surface area contributed by atoms with Crippen LogP contribution in [0, 0.1) is 0 Å². The third-order valence-electron chi connectivity index (χ3n) is 3.54. The number of ether oxygens (including phenoxy) is 2. The van der Waals surface area contributed by atoms with Gasteiger partial charge in [-0.3, -0.25) is 4.79 Å². The Balaban J connectivity index is 2.59. The molecule has 2 aromatic rings. The number of nitrogens with one attached hydrogen (secondary N) is 1. The first-order valence-corrected chi connectivity index (χ1v) is 7.65. The Labute approximate surface area is 137 Å². The molecule has 0 unspecified atom stereocenters. The predicted molar refractivity (Wildman–Crippen MR) is 92.9 cm³/mol. The second kappa shape index (κ2) is 7.68. The van der Waals surface area contributed by atoms with Crippen LogP contribution >= 0.6 is 0 Å². The number of anilines is 1. The topological polar surface area (TPSA) is 47.6 Å². The average molecular weight is 313 g/mol. The van der Waals surface area contributed by atoms with E-state index in [0.717, 1.165) is 22.4 Å². The molecule has 0 aliphatic rings. The maximum absolute atomic E-state index is 11.9. The first-order chi connectivity index (χ1) is 11.1. The summed E-state index contributed by atoms with van der Waals surface area (Å²) in [7, 11) is 3.02.